The van der Waals surface area contributed by atoms with Crippen molar-refractivity contribution in [1.29, 1.82) is 0 Å². The van der Waals surface area contributed by atoms with Gasteiger partial charge in [0.15, 0.2) is 5.13 Å². The number of aromatic nitrogens is 3. The van der Waals surface area contributed by atoms with Crippen LogP contribution in [0.1, 0.15) is 16.8 Å². The maximum atomic E-state index is 13.4. The Hall–Kier alpha value is -2.35. The second-order valence-corrected chi connectivity index (χ2v) is 8.78. The minimum atomic E-state index is -0.0447. The molecule has 148 valence electrons. The summed E-state index contributed by atoms with van der Waals surface area (Å²) >= 11 is 9.23. The molecule has 5 nitrogen and oxygen atoms in total. The lowest BCUT2D eigenvalue weighted by atomic mass is 10.2. The highest BCUT2D eigenvalue weighted by molar-refractivity contribution is 7.98. The van der Waals surface area contributed by atoms with Crippen LogP contribution >= 0.6 is 34.7 Å². The number of imidazole rings is 1. The van der Waals surface area contributed by atoms with Crippen molar-refractivity contribution in [2.75, 3.05) is 17.7 Å². The highest BCUT2D eigenvalue weighted by atomic mass is 35.5. The molecule has 2 aromatic heterocycles. The molecule has 0 aliphatic heterocycles. The van der Waals surface area contributed by atoms with E-state index in [9.17, 15) is 4.79 Å². The zero-order valence-electron chi connectivity index (χ0n) is 15.8. The van der Waals surface area contributed by atoms with Crippen LogP contribution in [0, 0.1) is 0 Å². The zero-order chi connectivity index (χ0) is 20.2. The van der Waals surface area contributed by atoms with Gasteiger partial charge in [0.25, 0.3) is 5.91 Å². The van der Waals surface area contributed by atoms with Gasteiger partial charge in [-0.15, -0.1) is 11.8 Å². The number of carbonyl (C=O) groups is 1. The maximum Gasteiger partial charge on any atom is 0.260 e. The molecule has 0 N–H and O–H groups in total. The summed E-state index contributed by atoms with van der Waals surface area (Å²) in [6, 6.07) is 13.3. The van der Waals surface area contributed by atoms with Crippen LogP contribution in [0.4, 0.5) is 5.13 Å². The molecule has 0 aliphatic rings. The molecule has 0 spiro atoms. The molecule has 0 saturated carbocycles. The van der Waals surface area contributed by atoms with Crippen molar-refractivity contribution in [3.05, 3.63) is 71.8 Å². The number of carbonyl (C=O) groups excluding carboxylic acids is 1. The first-order chi connectivity index (χ1) is 14.1. The van der Waals surface area contributed by atoms with Crippen LogP contribution in [0.3, 0.4) is 0 Å². The number of thioether (sulfide) groups is 1. The fourth-order valence-electron chi connectivity index (χ4n) is 3.03. The Kier molecular flexibility index (Phi) is 6.18. The molecule has 4 rings (SSSR count). The molecule has 2 aromatic carbocycles. The van der Waals surface area contributed by atoms with E-state index in [1.807, 2.05) is 59.5 Å². The van der Waals surface area contributed by atoms with E-state index in [0.29, 0.717) is 22.3 Å². The fourth-order valence-corrected chi connectivity index (χ4v) is 4.75. The summed E-state index contributed by atoms with van der Waals surface area (Å²) in [6.45, 7) is 1.35. The number of hydrogen-bond donors (Lipinski definition) is 0. The van der Waals surface area contributed by atoms with Crippen LogP contribution in [-0.2, 0) is 6.54 Å². The SMILES string of the molecule is CSc1cccc(C(=O)N(CCCn2ccnc2)c2nc3ccc(Cl)cc3s2)c1. The lowest BCUT2D eigenvalue weighted by Gasteiger charge is -2.20. The molecule has 0 fully saturated rings. The summed E-state index contributed by atoms with van der Waals surface area (Å²) in [5, 5.41) is 1.35. The molecule has 0 atom stereocenters. The Morgan fingerprint density at radius 1 is 1.28 bits per heavy atom. The van der Waals surface area contributed by atoms with Crippen LogP contribution < -0.4 is 4.90 Å². The smallest absolute Gasteiger partial charge is 0.260 e. The van der Waals surface area contributed by atoms with E-state index in [-0.39, 0.29) is 5.91 Å². The van der Waals surface area contributed by atoms with Crippen LogP contribution in [0.15, 0.2) is 66.1 Å². The predicted molar refractivity (Wildman–Crippen MR) is 121 cm³/mol. The molecule has 0 radical (unpaired) electrons. The summed E-state index contributed by atoms with van der Waals surface area (Å²) in [7, 11) is 0. The lowest BCUT2D eigenvalue weighted by Crippen LogP contribution is -2.32. The first kappa shape index (κ1) is 19.9. The highest BCUT2D eigenvalue weighted by Gasteiger charge is 2.21. The molecule has 0 aliphatic carbocycles. The third-order valence-electron chi connectivity index (χ3n) is 4.49. The van der Waals surface area contributed by atoms with Gasteiger partial charge in [-0.3, -0.25) is 9.69 Å². The van der Waals surface area contributed by atoms with E-state index in [1.54, 1.807) is 29.2 Å². The third-order valence-corrected chi connectivity index (χ3v) is 6.49. The van der Waals surface area contributed by atoms with Gasteiger partial charge in [0.05, 0.1) is 16.5 Å². The van der Waals surface area contributed by atoms with Gasteiger partial charge in [-0.05, 0) is 49.1 Å². The number of aryl methyl sites for hydroxylation is 1. The van der Waals surface area contributed by atoms with Gasteiger partial charge in [-0.2, -0.15) is 0 Å². The first-order valence-corrected chi connectivity index (χ1v) is 11.5. The molecule has 2 heterocycles. The standard InChI is InChI=1S/C21H19ClN4OS2/c1-28-17-5-2-4-15(12-17)20(27)26(10-3-9-25-11-8-23-14-25)21-24-18-7-6-16(22)13-19(18)29-21/h2,4-8,11-14H,3,9-10H2,1H3. The van der Waals surface area contributed by atoms with Crippen molar-refractivity contribution in [3.63, 3.8) is 0 Å². The van der Waals surface area contributed by atoms with E-state index in [1.165, 1.54) is 11.3 Å². The van der Waals surface area contributed by atoms with Crippen molar-refractivity contribution >= 4 is 56.0 Å². The van der Waals surface area contributed by atoms with Crippen molar-refractivity contribution in [1.82, 2.24) is 14.5 Å². The second-order valence-electron chi connectivity index (χ2n) is 6.45. The number of amides is 1. The summed E-state index contributed by atoms with van der Waals surface area (Å²) in [5.74, 6) is -0.0447. The second kappa shape index (κ2) is 8.98. The van der Waals surface area contributed by atoms with Gasteiger partial charge < -0.3 is 4.57 Å². The lowest BCUT2D eigenvalue weighted by molar-refractivity contribution is 0.0986. The summed E-state index contributed by atoms with van der Waals surface area (Å²) in [4.78, 5) is 25.0. The summed E-state index contributed by atoms with van der Waals surface area (Å²) in [5.41, 5.74) is 1.51. The average molecular weight is 443 g/mol. The molecule has 0 bridgehead atoms. The molecule has 0 unspecified atom stereocenters. The first-order valence-electron chi connectivity index (χ1n) is 9.12. The largest absolute Gasteiger partial charge is 0.337 e. The van der Waals surface area contributed by atoms with Crippen LogP contribution in [0.2, 0.25) is 5.02 Å². The monoisotopic (exact) mass is 442 g/mol. The normalized spacial score (nSPS) is 11.1. The third kappa shape index (κ3) is 4.63. The van der Waals surface area contributed by atoms with E-state index in [2.05, 4.69) is 4.98 Å². The molecule has 29 heavy (non-hydrogen) atoms. The van der Waals surface area contributed by atoms with Gasteiger partial charge >= 0.3 is 0 Å². The van der Waals surface area contributed by atoms with Gasteiger partial charge in [0, 0.05) is 41.0 Å². The highest BCUT2D eigenvalue weighted by Crippen LogP contribution is 2.32. The van der Waals surface area contributed by atoms with Gasteiger partial charge in [-0.1, -0.05) is 29.0 Å². The van der Waals surface area contributed by atoms with E-state index < -0.39 is 0 Å². The predicted octanol–water partition coefficient (Wildman–Crippen LogP) is 5.61. The number of hydrogen-bond acceptors (Lipinski definition) is 5. The Bertz CT molecular complexity index is 1130. The van der Waals surface area contributed by atoms with Crippen molar-refractivity contribution in [2.24, 2.45) is 0 Å². The number of halogens is 1. The van der Waals surface area contributed by atoms with Gasteiger partial charge in [-0.25, -0.2) is 9.97 Å². The van der Waals surface area contributed by atoms with Crippen molar-refractivity contribution in [3.8, 4) is 0 Å². The number of nitrogens with zero attached hydrogens (tertiary/aromatic N) is 4. The fraction of sp³-hybridized carbons (Fsp3) is 0.190. The van der Waals surface area contributed by atoms with E-state index >= 15 is 0 Å². The molecule has 0 saturated heterocycles. The van der Waals surface area contributed by atoms with Gasteiger partial charge in [0.1, 0.15) is 0 Å². The average Bonchev–Trinajstić information content (AvgIpc) is 3.40. The zero-order valence-corrected chi connectivity index (χ0v) is 18.2. The Labute approximate surface area is 182 Å². The number of thiazole rings is 1. The number of rotatable bonds is 7. The van der Waals surface area contributed by atoms with Gasteiger partial charge in [0.2, 0.25) is 0 Å². The van der Waals surface area contributed by atoms with E-state index in [0.717, 1.165) is 28.1 Å². The Balaban J connectivity index is 1.64. The van der Waals surface area contributed by atoms with E-state index in [4.69, 9.17) is 16.6 Å². The summed E-state index contributed by atoms with van der Waals surface area (Å²) < 4.78 is 2.98. The topological polar surface area (TPSA) is 51.0 Å². The minimum Gasteiger partial charge on any atom is -0.337 e. The number of benzene rings is 2. The number of fused-ring (bicyclic) bond motifs is 1. The van der Waals surface area contributed by atoms with Crippen LogP contribution in [0.25, 0.3) is 10.2 Å². The van der Waals surface area contributed by atoms with Crippen molar-refractivity contribution < 1.29 is 4.79 Å². The maximum absolute atomic E-state index is 13.4. The molecular weight excluding hydrogens is 424 g/mol. The Morgan fingerprint density at radius 3 is 2.97 bits per heavy atom. The molecule has 4 aromatic rings. The molecule has 1 amide bonds. The summed E-state index contributed by atoms with van der Waals surface area (Å²) in [6.07, 6.45) is 8.26. The molecular formula is C21H19ClN4OS2. The Morgan fingerprint density at radius 2 is 2.17 bits per heavy atom. The minimum absolute atomic E-state index is 0.0447. The quantitative estimate of drug-likeness (QED) is 0.349. The van der Waals surface area contributed by atoms with Crippen molar-refractivity contribution in [2.45, 2.75) is 17.9 Å². The molecule has 8 heteroatoms. The van der Waals surface area contributed by atoms with Crippen LogP contribution in [-0.4, -0.2) is 33.2 Å². The van der Waals surface area contributed by atoms with Crippen LogP contribution in [0.5, 0.6) is 0 Å². The number of anilines is 1.